The van der Waals surface area contributed by atoms with Gasteiger partial charge in [0.2, 0.25) is 0 Å². The van der Waals surface area contributed by atoms with E-state index in [0.29, 0.717) is 5.92 Å². The van der Waals surface area contributed by atoms with Crippen molar-refractivity contribution in [3.63, 3.8) is 0 Å². The summed E-state index contributed by atoms with van der Waals surface area (Å²) >= 11 is 0. The predicted octanol–water partition coefficient (Wildman–Crippen LogP) is 2.41. The van der Waals surface area contributed by atoms with Crippen LogP contribution in [0.2, 0.25) is 0 Å². The van der Waals surface area contributed by atoms with Crippen molar-refractivity contribution in [2.24, 2.45) is 5.92 Å². The first kappa shape index (κ1) is 10.2. The number of rotatable bonds is 3. The molecular formula is C12H16N2O. The molecule has 0 fully saturated rings. The number of fused-ring (bicyclic) bond motifs is 1. The summed E-state index contributed by atoms with van der Waals surface area (Å²) < 4.78 is 1.79. The van der Waals surface area contributed by atoms with Crippen molar-refractivity contribution >= 4 is 5.52 Å². The fourth-order valence-corrected chi connectivity index (χ4v) is 1.78. The molecule has 0 aromatic carbocycles. The van der Waals surface area contributed by atoms with Crippen LogP contribution in [-0.2, 0) is 0 Å². The quantitative estimate of drug-likeness (QED) is 0.833. The lowest BCUT2D eigenvalue weighted by Crippen LogP contribution is -2.01. The molecular weight excluding hydrogens is 188 g/mol. The second-order valence-corrected chi connectivity index (χ2v) is 4.28. The topological polar surface area (TPSA) is 37.5 Å². The molecule has 3 heteroatoms. The molecule has 1 N–H and O–H groups in total. The lowest BCUT2D eigenvalue weighted by molar-refractivity contribution is 0.152. The van der Waals surface area contributed by atoms with E-state index in [1.807, 2.05) is 24.4 Å². The van der Waals surface area contributed by atoms with E-state index in [2.05, 4.69) is 18.9 Å². The number of hydrogen-bond acceptors (Lipinski definition) is 2. The molecule has 2 heterocycles. The maximum atomic E-state index is 10.0. The number of aromatic nitrogens is 2. The Bertz CT molecular complexity index is 448. The maximum absolute atomic E-state index is 10.0. The molecule has 1 unspecified atom stereocenters. The van der Waals surface area contributed by atoms with Crippen molar-refractivity contribution in [1.29, 1.82) is 0 Å². The second-order valence-electron chi connectivity index (χ2n) is 4.28. The van der Waals surface area contributed by atoms with Crippen LogP contribution in [-0.4, -0.2) is 14.7 Å². The van der Waals surface area contributed by atoms with Crippen LogP contribution in [0.4, 0.5) is 0 Å². The first-order chi connectivity index (χ1) is 7.18. The summed E-state index contributed by atoms with van der Waals surface area (Å²) in [5.74, 6) is 0.485. The summed E-state index contributed by atoms with van der Waals surface area (Å²) in [7, 11) is 0. The average Bonchev–Trinajstić information content (AvgIpc) is 2.59. The summed E-state index contributed by atoms with van der Waals surface area (Å²) in [6.45, 7) is 4.21. The van der Waals surface area contributed by atoms with Gasteiger partial charge in [0.15, 0.2) is 0 Å². The van der Waals surface area contributed by atoms with Crippen molar-refractivity contribution in [3.8, 4) is 0 Å². The summed E-state index contributed by atoms with van der Waals surface area (Å²) in [5.41, 5.74) is 1.91. The zero-order valence-electron chi connectivity index (χ0n) is 9.09. The Balaban J connectivity index is 2.35. The van der Waals surface area contributed by atoms with Crippen LogP contribution >= 0.6 is 0 Å². The third-order valence-corrected chi connectivity index (χ3v) is 2.51. The van der Waals surface area contributed by atoms with Crippen LogP contribution < -0.4 is 0 Å². The van der Waals surface area contributed by atoms with Crippen LogP contribution in [0.3, 0.4) is 0 Å². The standard InChI is InChI=1S/C12H16N2O/c1-9(2)7-12(15)10-8-13-14-6-4-3-5-11(10)14/h3-6,8-9,12,15H,7H2,1-2H3. The fourth-order valence-electron chi connectivity index (χ4n) is 1.78. The van der Waals surface area contributed by atoms with E-state index in [1.54, 1.807) is 10.7 Å². The molecule has 0 aliphatic heterocycles. The Labute approximate surface area is 89.4 Å². The lowest BCUT2D eigenvalue weighted by atomic mass is 10.0. The van der Waals surface area contributed by atoms with Gasteiger partial charge < -0.3 is 5.11 Å². The van der Waals surface area contributed by atoms with Gasteiger partial charge in [-0.2, -0.15) is 5.10 Å². The minimum absolute atomic E-state index is 0.412. The van der Waals surface area contributed by atoms with Crippen molar-refractivity contribution in [2.45, 2.75) is 26.4 Å². The molecule has 2 aromatic heterocycles. The van der Waals surface area contributed by atoms with E-state index in [0.717, 1.165) is 17.5 Å². The smallest absolute Gasteiger partial charge is 0.0829 e. The molecule has 0 saturated heterocycles. The number of pyridine rings is 1. The normalized spacial score (nSPS) is 13.6. The van der Waals surface area contributed by atoms with E-state index in [4.69, 9.17) is 0 Å². The Hall–Kier alpha value is -1.35. The molecule has 0 amide bonds. The highest BCUT2D eigenvalue weighted by atomic mass is 16.3. The van der Waals surface area contributed by atoms with Gasteiger partial charge in [0.25, 0.3) is 0 Å². The number of nitrogens with zero attached hydrogens (tertiary/aromatic N) is 2. The van der Waals surface area contributed by atoms with E-state index in [1.165, 1.54) is 0 Å². The van der Waals surface area contributed by atoms with E-state index in [-0.39, 0.29) is 0 Å². The molecule has 3 nitrogen and oxygen atoms in total. The van der Waals surface area contributed by atoms with Gasteiger partial charge in [-0.25, -0.2) is 4.52 Å². The van der Waals surface area contributed by atoms with Crippen molar-refractivity contribution in [2.75, 3.05) is 0 Å². The lowest BCUT2D eigenvalue weighted by Gasteiger charge is -2.11. The van der Waals surface area contributed by atoms with E-state index in [9.17, 15) is 5.11 Å². The largest absolute Gasteiger partial charge is 0.388 e. The summed E-state index contributed by atoms with van der Waals surface area (Å²) in [4.78, 5) is 0. The van der Waals surface area contributed by atoms with Gasteiger partial charge in [0, 0.05) is 11.8 Å². The third-order valence-electron chi connectivity index (χ3n) is 2.51. The molecule has 15 heavy (non-hydrogen) atoms. The van der Waals surface area contributed by atoms with Gasteiger partial charge in [-0.1, -0.05) is 19.9 Å². The summed E-state index contributed by atoms with van der Waals surface area (Å²) in [5, 5.41) is 14.2. The van der Waals surface area contributed by atoms with Crippen LogP contribution in [0, 0.1) is 5.92 Å². The van der Waals surface area contributed by atoms with Crippen LogP contribution in [0.5, 0.6) is 0 Å². The Morgan fingerprint density at radius 1 is 1.40 bits per heavy atom. The fraction of sp³-hybridized carbons (Fsp3) is 0.417. The predicted molar refractivity (Wildman–Crippen MR) is 59.6 cm³/mol. The molecule has 1 atom stereocenters. The van der Waals surface area contributed by atoms with Crippen molar-refractivity contribution < 1.29 is 5.11 Å². The average molecular weight is 204 g/mol. The van der Waals surface area contributed by atoms with Gasteiger partial charge in [-0.05, 0) is 24.5 Å². The van der Waals surface area contributed by atoms with Crippen LogP contribution in [0.1, 0.15) is 31.9 Å². The minimum Gasteiger partial charge on any atom is -0.388 e. The molecule has 2 aromatic rings. The highest BCUT2D eigenvalue weighted by Gasteiger charge is 2.14. The number of aliphatic hydroxyl groups is 1. The minimum atomic E-state index is -0.412. The molecule has 0 aliphatic rings. The first-order valence-electron chi connectivity index (χ1n) is 5.29. The molecule has 0 saturated carbocycles. The van der Waals surface area contributed by atoms with E-state index >= 15 is 0 Å². The van der Waals surface area contributed by atoms with Crippen LogP contribution in [0.25, 0.3) is 5.52 Å². The highest BCUT2D eigenvalue weighted by molar-refractivity contribution is 5.54. The molecule has 80 valence electrons. The first-order valence-corrected chi connectivity index (χ1v) is 5.29. The molecule has 0 bridgehead atoms. The van der Waals surface area contributed by atoms with Gasteiger partial charge in [-0.15, -0.1) is 0 Å². The Kier molecular flexibility index (Phi) is 2.73. The molecule has 0 radical (unpaired) electrons. The van der Waals surface area contributed by atoms with Crippen molar-refractivity contribution in [1.82, 2.24) is 9.61 Å². The zero-order valence-corrected chi connectivity index (χ0v) is 9.09. The Morgan fingerprint density at radius 2 is 2.20 bits per heavy atom. The van der Waals surface area contributed by atoms with Gasteiger partial charge >= 0.3 is 0 Å². The van der Waals surface area contributed by atoms with Gasteiger partial charge in [0.1, 0.15) is 0 Å². The molecule has 0 aliphatic carbocycles. The van der Waals surface area contributed by atoms with Crippen molar-refractivity contribution in [3.05, 3.63) is 36.2 Å². The molecule has 2 rings (SSSR count). The Morgan fingerprint density at radius 3 is 2.93 bits per heavy atom. The zero-order chi connectivity index (χ0) is 10.8. The molecule has 0 spiro atoms. The highest BCUT2D eigenvalue weighted by Crippen LogP contribution is 2.24. The van der Waals surface area contributed by atoms with E-state index < -0.39 is 6.10 Å². The van der Waals surface area contributed by atoms with Gasteiger partial charge in [0.05, 0.1) is 17.8 Å². The summed E-state index contributed by atoms with van der Waals surface area (Å²) in [6, 6.07) is 5.87. The number of aliphatic hydroxyl groups excluding tert-OH is 1. The monoisotopic (exact) mass is 204 g/mol. The van der Waals surface area contributed by atoms with Crippen LogP contribution in [0.15, 0.2) is 30.6 Å². The second kappa shape index (κ2) is 4.03. The number of hydrogen-bond donors (Lipinski definition) is 1. The third kappa shape index (κ3) is 2.02. The summed E-state index contributed by atoms with van der Waals surface area (Å²) in [6.07, 6.45) is 4.00. The maximum Gasteiger partial charge on any atom is 0.0829 e. The van der Waals surface area contributed by atoms with Gasteiger partial charge in [-0.3, -0.25) is 0 Å². The SMILES string of the molecule is CC(C)CC(O)c1cnn2ccccc12.